The van der Waals surface area contributed by atoms with E-state index in [0.717, 1.165) is 14.2 Å². The summed E-state index contributed by atoms with van der Waals surface area (Å²) in [5.74, 6) is -0.00486. The van der Waals surface area contributed by atoms with Gasteiger partial charge in [-0.1, -0.05) is 17.3 Å². The minimum Gasteiger partial charge on any atom is -0.399 e. The average Bonchev–Trinajstić information content (AvgIpc) is 2.90. The zero-order valence-corrected chi connectivity index (χ0v) is 14.1. The number of thiophene rings is 1. The van der Waals surface area contributed by atoms with Crippen molar-refractivity contribution in [1.29, 1.82) is 0 Å². The summed E-state index contributed by atoms with van der Waals surface area (Å²) < 4.78 is 1.07. The molecule has 0 aliphatic carbocycles. The molecule has 0 spiro atoms. The van der Waals surface area contributed by atoms with Crippen LogP contribution in [0.2, 0.25) is 0 Å². The first-order valence-electron chi connectivity index (χ1n) is 6.26. The molecule has 4 nitrogen and oxygen atoms in total. The van der Waals surface area contributed by atoms with E-state index in [4.69, 9.17) is 0 Å². The van der Waals surface area contributed by atoms with Crippen LogP contribution in [0.15, 0.2) is 45.3 Å². The second kappa shape index (κ2) is 7.38. The predicted molar refractivity (Wildman–Crippen MR) is 88.9 cm³/mol. The molecular formula is C15H15BrN2O2S. The Labute approximate surface area is 136 Å². The van der Waals surface area contributed by atoms with Gasteiger partial charge in [-0.2, -0.15) is 0 Å². The zero-order valence-electron chi connectivity index (χ0n) is 11.7. The fourth-order valence-electron chi connectivity index (χ4n) is 1.79. The highest BCUT2D eigenvalue weighted by atomic mass is 79.9. The Morgan fingerprint density at radius 3 is 2.62 bits per heavy atom. The maximum atomic E-state index is 12.3. The number of oxime groups is 1. The first kappa shape index (κ1) is 15.7. The molecule has 0 N–H and O–H groups in total. The molecule has 1 heterocycles. The molecule has 1 aromatic heterocycles. The Balaban J connectivity index is 2.03. The summed E-state index contributed by atoms with van der Waals surface area (Å²) in [7, 11) is 3.29. The van der Waals surface area contributed by atoms with Gasteiger partial charge in [-0.25, -0.2) is 0 Å². The Bertz CT molecular complexity index is 637. The number of hydrogen-bond donors (Lipinski definition) is 0. The van der Waals surface area contributed by atoms with Gasteiger partial charge in [0.1, 0.15) is 7.11 Å². The summed E-state index contributed by atoms with van der Waals surface area (Å²) >= 11 is 5.06. The minimum atomic E-state index is -0.00486. The van der Waals surface area contributed by atoms with E-state index >= 15 is 0 Å². The highest BCUT2D eigenvalue weighted by molar-refractivity contribution is 9.11. The van der Waals surface area contributed by atoms with Crippen LogP contribution in [0.3, 0.4) is 0 Å². The van der Waals surface area contributed by atoms with Gasteiger partial charge < -0.3 is 9.74 Å². The van der Waals surface area contributed by atoms with Gasteiger partial charge in [-0.15, -0.1) is 11.3 Å². The average molecular weight is 367 g/mol. The maximum absolute atomic E-state index is 12.3. The second-order valence-electron chi connectivity index (χ2n) is 4.41. The molecule has 110 valence electrons. The third kappa shape index (κ3) is 4.41. The van der Waals surface area contributed by atoms with E-state index in [1.807, 2.05) is 24.3 Å². The van der Waals surface area contributed by atoms with Crippen LogP contribution in [0.1, 0.15) is 20.8 Å². The molecule has 1 aromatic carbocycles. The standard InChI is InChI=1S/C15H15BrN2O2S/c1-18(10-13-7-8-14(16)21-13)15(19)12-5-3-11(4-6-12)9-17-20-2/h3-9H,10H2,1-2H3/b17-9+. The molecule has 21 heavy (non-hydrogen) atoms. The number of rotatable bonds is 5. The van der Waals surface area contributed by atoms with Crippen LogP contribution in [0, 0.1) is 0 Å². The van der Waals surface area contributed by atoms with Crippen LogP contribution >= 0.6 is 27.3 Å². The van der Waals surface area contributed by atoms with Crippen molar-refractivity contribution in [3.63, 3.8) is 0 Å². The predicted octanol–water partition coefficient (Wildman–Crippen LogP) is 3.76. The summed E-state index contributed by atoms with van der Waals surface area (Å²) in [6.45, 7) is 0.599. The Hall–Kier alpha value is -1.66. The largest absolute Gasteiger partial charge is 0.399 e. The van der Waals surface area contributed by atoms with Crippen molar-refractivity contribution in [3.8, 4) is 0 Å². The number of hydrogen-bond acceptors (Lipinski definition) is 4. The van der Waals surface area contributed by atoms with E-state index in [2.05, 4.69) is 25.9 Å². The van der Waals surface area contributed by atoms with E-state index in [1.54, 1.807) is 41.6 Å². The number of halogens is 1. The monoisotopic (exact) mass is 366 g/mol. The molecule has 0 atom stereocenters. The minimum absolute atomic E-state index is 0.00486. The Morgan fingerprint density at radius 1 is 1.33 bits per heavy atom. The van der Waals surface area contributed by atoms with Crippen molar-refractivity contribution >= 4 is 39.4 Å². The number of nitrogens with zero attached hydrogens (tertiary/aromatic N) is 2. The van der Waals surface area contributed by atoms with Gasteiger partial charge in [-0.05, 0) is 45.8 Å². The van der Waals surface area contributed by atoms with E-state index in [1.165, 1.54) is 7.11 Å². The third-order valence-corrected chi connectivity index (χ3v) is 4.44. The molecule has 0 saturated heterocycles. The van der Waals surface area contributed by atoms with Crippen molar-refractivity contribution in [1.82, 2.24) is 4.90 Å². The van der Waals surface area contributed by atoms with Crippen LogP contribution in [0.25, 0.3) is 0 Å². The normalized spacial score (nSPS) is 10.8. The molecule has 0 aliphatic heterocycles. The first-order valence-corrected chi connectivity index (χ1v) is 7.87. The molecule has 0 unspecified atom stereocenters. The van der Waals surface area contributed by atoms with Crippen LogP contribution in [-0.4, -0.2) is 31.2 Å². The number of carbonyl (C=O) groups excluding carboxylic acids is 1. The molecule has 6 heteroatoms. The molecule has 0 fully saturated rings. The van der Waals surface area contributed by atoms with Crippen molar-refractivity contribution in [3.05, 3.63) is 56.2 Å². The molecular weight excluding hydrogens is 352 g/mol. The van der Waals surface area contributed by atoms with Crippen LogP contribution in [0.4, 0.5) is 0 Å². The van der Waals surface area contributed by atoms with Gasteiger partial charge in [0.25, 0.3) is 5.91 Å². The van der Waals surface area contributed by atoms with Crippen molar-refractivity contribution in [2.45, 2.75) is 6.54 Å². The second-order valence-corrected chi connectivity index (χ2v) is 6.95. The lowest BCUT2D eigenvalue weighted by Gasteiger charge is -2.16. The van der Waals surface area contributed by atoms with Gasteiger partial charge in [0, 0.05) is 17.5 Å². The summed E-state index contributed by atoms with van der Waals surface area (Å²) in [6, 6.07) is 11.3. The molecule has 0 radical (unpaired) electrons. The van der Waals surface area contributed by atoms with Crippen LogP contribution in [-0.2, 0) is 11.4 Å². The van der Waals surface area contributed by atoms with Crippen LogP contribution < -0.4 is 0 Å². The summed E-state index contributed by atoms with van der Waals surface area (Å²) in [4.78, 5) is 19.8. The summed E-state index contributed by atoms with van der Waals surface area (Å²) in [6.07, 6.45) is 1.60. The Kier molecular flexibility index (Phi) is 5.52. The smallest absolute Gasteiger partial charge is 0.253 e. The van der Waals surface area contributed by atoms with E-state index in [9.17, 15) is 4.79 Å². The van der Waals surface area contributed by atoms with Crippen LogP contribution in [0.5, 0.6) is 0 Å². The highest BCUT2D eigenvalue weighted by Crippen LogP contribution is 2.23. The van der Waals surface area contributed by atoms with Gasteiger partial charge in [0.05, 0.1) is 16.5 Å². The first-order chi connectivity index (χ1) is 10.1. The molecule has 0 saturated carbocycles. The van der Waals surface area contributed by atoms with Crippen molar-refractivity contribution in [2.75, 3.05) is 14.2 Å². The summed E-state index contributed by atoms with van der Waals surface area (Å²) in [5, 5.41) is 3.69. The van der Waals surface area contributed by atoms with Gasteiger partial charge >= 0.3 is 0 Å². The number of carbonyl (C=O) groups is 1. The lowest BCUT2D eigenvalue weighted by molar-refractivity contribution is 0.0786. The maximum Gasteiger partial charge on any atom is 0.253 e. The topological polar surface area (TPSA) is 41.9 Å². The summed E-state index contributed by atoms with van der Waals surface area (Å²) in [5.41, 5.74) is 1.54. The lowest BCUT2D eigenvalue weighted by atomic mass is 10.1. The molecule has 0 aliphatic rings. The quantitative estimate of drug-likeness (QED) is 0.597. The fraction of sp³-hybridized carbons (Fsp3) is 0.200. The van der Waals surface area contributed by atoms with E-state index in [0.29, 0.717) is 12.1 Å². The number of amides is 1. The number of benzene rings is 1. The van der Waals surface area contributed by atoms with Gasteiger partial charge in [0.2, 0.25) is 0 Å². The molecule has 2 rings (SSSR count). The molecule has 1 amide bonds. The lowest BCUT2D eigenvalue weighted by Crippen LogP contribution is -2.25. The van der Waals surface area contributed by atoms with E-state index in [-0.39, 0.29) is 5.91 Å². The highest BCUT2D eigenvalue weighted by Gasteiger charge is 2.12. The van der Waals surface area contributed by atoms with Crippen molar-refractivity contribution < 1.29 is 9.63 Å². The van der Waals surface area contributed by atoms with Crippen molar-refractivity contribution in [2.24, 2.45) is 5.16 Å². The fourth-order valence-corrected chi connectivity index (χ4v) is 3.32. The molecule has 0 bridgehead atoms. The SMILES string of the molecule is CO/N=C/c1ccc(C(=O)N(C)Cc2ccc(Br)s2)cc1. The van der Waals surface area contributed by atoms with Gasteiger partial charge in [0.15, 0.2) is 0 Å². The molecule has 2 aromatic rings. The third-order valence-electron chi connectivity index (χ3n) is 2.83. The van der Waals surface area contributed by atoms with E-state index < -0.39 is 0 Å². The van der Waals surface area contributed by atoms with Gasteiger partial charge in [-0.3, -0.25) is 4.79 Å². The zero-order chi connectivity index (χ0) is 15.2. The Morgan fingerprint density at radius 2 is 2.05 bits per heavy atom.